The number of benzene rings is 1. The van der Waals surface area contributed by atoms with Crippen molar-refractivity contribution in [1.82, 2.24) is 10.2 Å². The number of carbonyl (C=O) groups is 1. The monoisotopic (exact) mass is 331 g/mol. The second-order valence-corrected chi connectivity index (χ2v) is 6.90. The fourth-order valence-corrected chi connectivity index (χ4v) is 4.01. The van der Waals surface area contributed by atoms with E-state index in [4.69, 9.17) is 10.5 Å². The number of rotatable bonds is 4. The summed E-state index contributed by atoms with van der Waals surface area (Å²) in [5.74, 6) is 0.723. The summed E-state index contributed by atoms with van der Waals surface area (Å²) in [6.07, 6.45) is 0.880. The highest BCUT2D eigenvalue weighted by atomic mass is 32.1. The van der Waals surface area contributed by atoms with E-state index in [-0.39, 0.29) is 5.91 Å². The van der Waals surface area contributed by atoms with E-state index in [1.807, 2.05) is 24.3 Å². The Kier molecular flexibility index (Phi) is 4.54. The maximum absolute atomic E-state index is 12.6. The Bertz CT molecular complexity index is 709. The summed E-state index contributed by atoms with van der Waals surface area (Å²) in [6.45, 7) is 2.31. The zero-order valence-corrected chi connectivity index (χ0v) is 14.2. The molecule has 0 fully saturated rings. The number of nitrogens with two attached hydrogens (primary N) is 1. The number of nitrogen functional groups attached to an aromatic ring is 1. The third kappa shape index (κ3) is 3.33. The smallest absolute Gasteiger partial charge is 0.254 e. The van der Waals surface area contributed by atoms with E-state index < -0.39 is 0 Å². The lowest BCUT2D eigenvalue weighted by Gasteiger charge is -2.22. The minimum Gasteiger partial charge on any atom is -0.497 e. The molecule has 0 saturated heterocycles. The van der Waals surface area contributed by atoms with E-state index in [9.17, 15) is 4.79 Å². The molecule has 1 amide bonds. The molecule has 0 radical (unpaired) electrons. The number of nitrogens with zero attached hydrogens (tertiary/aromatic N) is 1. The van der Waals surface area contributed by atoms with Gasteiger partial charge in [-0.3, -0.25) is 4.79 Å². The van der Waals surface area contributed by atoms with Gasteiger partial charge in [-0.05, 0) is 36.7 Å². The van der Waals surface area contributed by atoms with Crippen LogP contribution in [-0.2, 0) is 19.5 Å². The molecule has 1 aromatic carbocycles. The van der Waals surface area contributed by atoms with Gasteiger partial charge in [0.2, 0.25) is 0 Å². The van der Waals surface area contributed by atoms with Crippen molar-refractivity contribution in [3.8, 4) is 5.75 Å². The van der Waals surface area contributed by atoms with Crippen molar-refractivity contribution in [1.29, 1.82) is 0 Å². The highest BCUT2D eigenvalue weighted by Crippen LogP contribution is 2.34. The predicted molar refractivity (Wildman–Crippen MR) is 92.9 cm³/mol. The fourth-order valence-electron chi connectivity index (χ4n) is 2.82. The molecule has 2 heterocycles. The van der Waals surface area contributed by atoms with Gasteiger partial charge in [-0.1, -0.05) is 12.1 Å². The molecule has 2 aromatic rings. The molecular weight excluding hydrogens is 310 g/mol. The van der Waals surface area contributed by atoms with Crippen LogP contribution in [0.4, 0.5) is 5.00 Å². The zero-order chi connectivity index (χ0) is 16.4. The fraction of sp³-hybridized carbons (Fsp3) is 0.353. The highest BCUT2D eigenvalue weighted by Gasteiger charge is 2.25. The van der Waals surface area contributed by atoms with Crippen LogP contribution in [0.1, 0.15) is 26.4 Å². The predicted octanol–water partition coefficient (Wildman–Crippen LogP) is 2.26. The number of hydrogen-bond donors (Lipinski definition) is 2. The third-order valence-electron chi connectivity index (χ3n) is 4.11. The number of fused-ring (bicyclic) bond motifs is 1. The van der Waals surface area contributed by atoms with Crippen molar-refractivity contribution in [3.05, 3.63) is 45.8 Å². The van der Waals surface area contributed by atoms with Gasteiger partial charge in [0.1, 0.15) is 5.75 Å². The first-order chi connectivity index (χ1) is 11.1. The van der Waals surface area contributed by atoms with Crippen molar-refractivity contribution in [2.75, 3.05) is 26.4 Å². The minimum atomic E-state index is -0.0830. The Morgan fingerprint density at radius 1 is 1.39 bits per heavy atom. The summed E-state index contributed by atoms with van der Waals surface area (Å²) in [4.78, 5) is 16.0. The van der Waals surface area contributed by atoms with Gasteiger partial charge >= 0.3 is 0 Å². The number of amides is 1. The highest BCUT2D eigenvalue weighted by molar-refractivity contribution is 7.16. The van der Waals surface area contributed by atoms with Gasteiger partial charge < -0.3 is 20.7 Å². The molecule has 5 nitrogen and oxygen atoms in total. The second kappa shape index (κ2) is 6.60. The van der Waals surface area contributed by atoms with E-state index in [1.54, 1.807) is 7.11 Å². The van der Waals surface area contributed by atoms with Gasteiger partial charge in [-0.2, -0.15) is 0 Å². The maximum atomic E-state index is 12.6. The zero-order valence-electron chi connectivity index (χ0n) is 13.4. The normalized spacial score (nSPS) is 14.3. The van der Waals surface area contributed by atoms with Crippen molar-refractivity contribution >= 4 is 22.2 Å². The molecule has 1 aromatic heterocycles. The van der Waals surface area contributed by atoms with Gasteiger partial charge in [0.05, 0.1) is 17.7 Å². The van der Waals surface area contributed by atoms with Crippen molar-refractivity contribution in [2.24, 2.45) is 0 Å². The van der Waals surface area contributed by atoms with Gasteiger partial charge in [-0.25, -0.2) is 0 Å². The molecule has 0 unspecified atom stereocenters. The van der Waals surface area contributed by atoms with Crippen molar-refractivity contribution < 1.29 is 9.53 Å². The molecule has 0 spiro atoms. The Balaban J connectivity index is 1.71. The Morgan fingerprint density at radius 3 is 2.83 bits per heavy atom. The van der Waals surface area contributed by atoms with Crippen LogP contribution >= 0.6 is 11.3 Å². The van der Waals surface area contributed by atoms with E-state index in [0.29, 0.717) is 17.1 Å². The Labute approximate surface area is 140 Å². The SMILES string of the molecule is COc1ccc(CNC(=O)c2c(N)sc3c2CCN(C)C3)cc1. The molecule has 3 N–H and O–H groups in total. The molecule has 23 heavy (non-hydrogen) atoms. The number of anilines is 1. The summed E-state index contributed by atoms with van der Waals surface area (Å²) in [6, 6.07) is 7.66. The lowest BCUT2D eigenvalue weighted by Crippen LogP contribution is -2.28. The number of hydrogen-bond acceptors (Lipinski definition) is 5. The first-order valence-electron chi connectivity index (χ1n) is 7.58. The first-order valence-corrected chi connectivity index (χ1v) is 8.40. The van der Waals surface area contributed by atoms with E-state index in [1.165, 1.54) is 16.2 Å². The van der Waals surface area contributed by atoms with E-state index >= 15 is 0 Å². The number of nitrogens with one attached hydrogen (secondary N) is 1. The standard InChI is InChI=1S/C17H21N3O2S/c1-20-8-7-13-14(10-20)23-16(18)15(13)17(21)19-9-11-3-5-12(22-2)6-4-11/h3-6H,7-10,18H2,1-2H3,(H,19,21). The largest absolute Gasteiger partial charge is 0.497 e. The summed E-state index contributed by atoms with van der Waals surface area (Å²) in [7, 11) is 3.72. The molecular formula is C17H21N3O2S. The molecule has 0 atom stereocenters. The molecule has 0 saturated carbocycles. The maximum Gasteiger partial charge on any atom is 0.254 e. The summed E-state index contributed by atoms with van der Waals surface area (Å²) >= 11 is 1.53. The lowest BCUT2D eigenvalue weighted by molar-refractivity contribution is 0.0950. The van der Waals surface area contributed by atoms with Crippen LogP contribution in [0, 0.1) is 0 Å². The quantitative estimate of drug-likeness (QED) is 0.902. The van der Waals surface area contributed by atoms with Crippen LogP contribution in [0.25, 0.3) is 0 Å². The van der Waals surface area contributed by atoms with Crippen molar-refractivity contribution in [3.63, 3.8) is 0 Å². The molecule has 3 rings (SSSR count). The van der Waals surface area contributed by atoms with Crippen LogP contribution in [0.15, 0.2) is 24.3 Å². The van der Waals surface area contributed by atoms with Crippen molar-refractivity contribution in [2.45, 2.75) is 19.5 Å². The molecule has 0 bridgehead atoms. The van der Waals surface area contributed by atoms with Gasteiger partial charge in [0.15, 0.2) is 0 Å². The number of carbonyl (C=O) groups excluding carboxylic acids is 1. The Morgan fingerprint density at radius 2 is 2.13 bits per heavy atom. The average molecular weight is 331 g/mol. The molecule has 122 valence electrons. The Hall–Kier alpha value is -2.05. The van der Waals surface area contributed by atoms with E-state index in [0.717, 1.165) is 36.4 Å². The van der Waals surface area contributed by atoms with Crippen LogP contribution < -0.4 is 15.8 Å². The van der Waals surface area contributed by atoms with Crippen LogP contribution in [0.3, 0.4) is 0 Å². The number of thiophene rings is 1. The second-order valence-electron chi connectivity index (χ2n) is 5.76. The number of ether oxygens (including phenoxy) is 1. The minimum absolute atomic E-state index is 0.0830. The first kappa shape index (κ1) is 15.8. The topological polar surface area (TPSA) is 67.6 Å². The molecule has 1 aliphatic heterocycles. The van der Waals surface area contributed by atoms with E-state index in [2.05, 4.69) is 17.3 Å². The molecule has 1 aliphatic rings. The molecule has 6 heteroatoms. The van der Waals surface area contributed by atoms with Crippen LogP contribution in [-0.4, -0.2) is 31.5 Å². The lowest BCUT2D eigenvalue weighted by atomic mass is 10.0. The van der Waals surface area contributed by atoms with Crippen LogP contribution in [0.2, 0.25) is 0 Å². The average Bonchev–Trinajstić information content (AvgIpc) is 2.88. The van der Waals surface area contributed by atoms with Gasteiger partial charge in [-0.15, -0.1) is 11.3 Å². The summed E-state index contributed by atoms with van der Waals surface area (Å²) < 4.78 is 5.13. The van der Waals surface area contributed by atoms with Crippen LogP contribution in [0.5, 0.6) is 5.75 Å². The number of likely N-dealkylation sites (N-methyl/N-ethyl adjacent to an activating group) is 1. The van der Waals surface area contributed by atoms with Gasteiger partial charge in [0, 0.05) is 24.5 Å². The third-order valence-corrected chi connectivity index (χ3v) is 5.16. The molecule has 0 aliphatic carbocycles. The summed E-state index contributed by atoms with van der Waals surface area (Å²) in [5.41, 5.74) is 8.92. The summed E-state index contributed by atoms with van der Waals surface area (Å²) in [5, 5.41) is 3.60. The number of methoxy groups -OCH3 is 1. The van der Waals surface area contributed by atoms with Gasteiger partial charge in [0.25, 0.3) is 5.91 Å².